The van der Waals surface area contributed by atoms with Gasteiger partial charge in [-0.2, -0.15) is 5.26 Å². The van der Waals surface area contributed by atoms with Crippen LogP contribution < -0.4 is 10.2 Å². The molecule has 0 aromatic heterocycles. The summed E-state index contributed by atoms with van der Waals surface area (Å²) in [6.07, 6.45) is 3.78. The van der Waals surface area contributed by atoms with E-state index in [-0.39, 0.29) is 23.7 Å². The van der Waals surface area contributed by atoms with E-state index in [9.17, 15) is 9.59 Å². The van der Waals surface area contributed by atoms with Gasteiger partial charge in [-0.05, 0) is 55.9 Å². The summed E-state index contributed by atoms with van der Waals surface area (Å²) in [5.74, 6) is 0.0158. The van der Waals surface area contributed by atoms with Crippen LogP contribution in [0, 0.1) is 23.2 Å². The van der Waals surface area contributed by atoms with Crippen molar-refractivity contribution in [2.45, 2.75) is 32.1 Å². The van der Waals surface area contributed by atoms with E-state index in [0.717, 1.165) is 31.5 Å². The molecule has 0 radical (unpaired) electrons. The fraction of sp³-hybridized carbons (Fsp3) is 0.348. The Morgan fingerprint density at radius 3 is 2.43 bits per heavy atom. The van der Waals surface area contributed by atoms with E-state index in [0.29, 0.717) is 24.1 Å². The summed E-state index contributed by atoms with van der Waals surface area (Å²) < 4.78 is 0. The lowest BCUT2D eigenvalue weighted by molar-refractivity contribution is -0.126. The predicted octanol–water partition coefficient (Wildman–Crippen LogP) is 3.89. The molecular formula is C23H23N3O2. The molecule has 5 nitrogen and oxygen atoms in total. The van der Waals surface area contributed by atoms with Crippen molar-refractivity contribution in [1.29, 1.82) is 5.26 Å². The monoisotopic (exact) mass is 373 g/mol. The van der Waals surface area contributed by atoms with Gasteiger partial charge in [0.05, 0.1) is 11.3 Å². The van der Waals surface area contributed by atoms with E-state index in [1.54, 1.807) is 24.3 Å². The van der Waals surface area contributed by atoms with Crippen molar-refractivity contribution in [1.82, 2.24) is 0 Å². The number of nitrogens with zero attached hydrogens (tertiary/aromatic N) is 2. The zero-order chi connectivity index (χ0) is 19.5. The number of anilines is 2. The van der Waals surface area contributed by atoms with Crippen LogP contribution in [0.1, 0.15) is 36.8 Å². The lowest BCUT2D eigenvalue weighted by Crippen LogP contribution is -2.38. The van der Waals surface area contributed by atoms with Crippen LogP contribution in [0.2, 0.25) is 0 Å². The van der Waals surface area contributed by atoms with Gasteiger partial charge in [0.15, 0.2) is 0 Å². The van der Waals surface area contributed by atoms with Gasteiger partial charge in [-0.25, -0.2) is 0 Å². The molecule has 2 aliphatic rings. The number of hydrogen-bond donors (Lipinski definition) is 1. The van der Waals surface area contributed by atoms with Gasteiger partial charge in [0, 0.05) is 24.1 Å². The standard InChI is InChI=1S/C23H23N3O2/c24-15-19-6-1-3-7-20(19)25-22(27)17-9-11-18(12-10-17)23(28)26-14-13-16-5-2-4-8-21(16)26/h1-8,17-18H,9-14H2,(H,25,27). The van der Waals surface area contributed by atoms with Crippen LogP contribution >= 0.6 is 0 Å². The number of amides is 2. The Morgan fingerprint density at radius 1 is 0.964 bits per heavy atom. The number of nitrogens with one attached hydrogen (secondary N) is 1. The van der Waals surface area contributed by atoms with Crippen LogP contribution in [0.3, 0.4) is 0 Å². The second-order valence-corrected chi connectivity index (χ2v) is 7.56. The zero-order valence-corrected chi connectivity index (χ0v) is 15.7. The Hall–Kier alpha value is -3.13. The van der Waals surface area contributed by atoms with E-state index in [4.69, 9.17) is 5.26 Å². The highest BCUT2D eigenvalue weighted by Crippen LogP contribution is 2.35. The van der Waals surface area contributed by atoms with Crippen LogP contribution in [0.25, 0.3) is 0 Å². The van der Waals surface area contributed by atoms with E-state index in [2.05, 4.69) is 17.5 Å². The maximum atomic E-state index is 13.0. The van der Waals surface area contributed by atoms with Crippen molar-refractivity contribution in [2.75, 3.05) is 16.8 Å². The number of carbonyl (C=O) groups excluding carboxylic acids is 2. The Bertz CT molecular complexity index is 939. The van der Waals surface area contributed by atoms with E-state index in [1.165, 1.54) is 5.56 Å². The topological polar surface area (TPSA) is 73.2 Å². The van der Waals surface area contributed by atoms with Crippen LogP contribution in [0.5, 0.6) is 0 Å². The van der Waals surface area contributed by atoms with Crippen molar-refractivity contribution < 1.29 is 9.59 Å². The Kier molecular flexibility index (Phi) is 5.12. The number of fused-ring (bicyclic) bond motifs is 1. The van der Waals surface area contributed by atoms with Gasteiger partial charge in [0.25, 0.3) is 0 Å². The van der Waals surface area contributed by atoms with Crippen LogP contribution in [0.4, 0.5) is 11.4 Å². The summed E-state index contributed by atoms with van der Waals surface area (Å²) >= 11 is 0. The molecule has 1 aliphatic carbocycles. The molecule has 2 aromatic carbocycles. The molecular weight excluding hydrogens is 350 g/mol. The average molecular weight is 373 g/mol. The summed E-state index contributed by atoms with van der Waals surface area (Å²) in [4.78, 5) is 27.5. The first-order valence-electron chi connectivity index (χ1n) is 9.86. The SMILES string of the molecule is N#Cc1ccccc1NC(=O)C1CCC(C(=O)N2CCc3ccccc32)CC1. The highest BCUT2D eigenvalue weighted by atomic mass is 16.2. The van der Waals surface area contributed by atoms with Gasteiger partial charge in [-0.3, -0.25) is 9.59 Å². The fourth-order valence-corrected chi connectivity index (χ4v) is 4.31. The minimum Gasteiger partial charge on any atom is -0.325 e. The normalized spacial score (nSPS) is 20.9. The molecule has 0 bridgehead atoms. The smallest absolute Gasteiger partial charge is 0.230 e. The molecule has 142 valence electrons. The number of hydrogen-bond acceptors (Lipinski definition) is 3. The molecule has 4 rings (SSSR count). The van der Waals surface area contributed by atoms with Crippen LogP contribution in [-0.4, -0.2) is 18.4 Å². The molecule has 0 spiro atoms. The minimum atomic E-state index is -0.110. The minimum absolute atomic E-state index is 0.0124. The number of nitriles is 1. The molecule has 1 N–H and O–H groups in total. The van der Waals surface area contributed by atoms with E-state index in [1.807, 2.05) is 23.1 Å². The lowest BCUT2D eigenvalue weighted by atomic mass is 9.81. The van der Waals surface area contributed by atoms with Crippen molar-refractivity contribution in [3.63, 3.8) is 0 Å². The molecule has 1 aliphatic heterocycles. The Balaban J connectivity index is 1.35. The molecule has 28 heavy (non-hydrogen) atoms. The largest absolute Gasteiger partial charge is 0.325 e. The number of benzene rings is 2. The molecule has 1 fully saturated rings. The summed E-state index contributed by atoms with van der Waals surface area (Å²) in [6.45, 7) is 0.754. The fourth-order valence-electron chi connectivity index (χ4n) is 4.31. The molecule has 0 saturated heterocycles. The molecule has 0 unspecified atom stereocenters. The van der Waals surface area contributed by atoms with Crippen LogP contribution in [0.15, 0.2) is 48.5 Å². The lowest BCUT2D eigenvalue weighted by Gasteiger charge is -2.30. The van der Waals surface area contributed by atoms with Gasteiger partial charge >= 0.3 is 0 Å². The van der Waals surface area contributed by atoms with Gasteiger partial charge in [0.1, 0.15) is 6.07 Å². The maximum Gasteiger partial charge on any atom is 0.230 e. The molecule has 1 saturated carbocycles. The Labute approximate surface area is 165 Å². The molecule has 5 heteroatoms. The zero-order valence-electron chi connectivity index (χ0n) is 15.7. The molecule has 2 amide bonds. The van der Waals surface area contributed by atoms with Gasteiger partial charge in [0.2, 0.25) is 11.8 Å². The second-order valence-electron chi connectivity index (χ2n) is 7.56. The molecule has 1 heterocycles. The van der Waals surface area contributed by atoms with Crippen molar-refractivity contribution >= 4 is 23.2 Å². The third kappa shape index (κ3) is 3.50. The predicted molar refractivity (Wildman–Crippen MR) is 108 cm³/mol. The summed E-state index contributed by atoms with van der Waals surface area (Å²) in [5.41, 5.74) is 3.30. The first-order chi connectivity index (χ1) is 13.7. The number of rotatable bonds is 3. The molecule has 2 aromatic rings. The Morgan fingerprint density at radius 2 is 1.64 bits per heavy atom. The summed E-state index contributed by atoms with van der Waals surface area (Å²) in [5, 5.41) is 12.1. The summed E-state index contributed by atoms with van der Waals surface area (Å²) in [6, 6.07) is 17.2. The molecule has 0 atom stereocenters. The van der Waals surface area contributed by atoms with Crippen molar-refractivity contribution in [2.24, 2.45) is 11.8 Å². The number of para-hydroxylation sites is 2. The highest BCUT2D eigenvalue weighted by Gasteiger charge is 2.34. The summed E-state index contributed by atoms with van der Waals surface area (Å²) in [7, 11) is 0. The third-order valence-electron chi connectivity index (χ3n) is 5.91. The van der Waals surface area contributed by atoms with Crippen molar-refractivity contribution in [3.8, 4) is 6.07 Å². The van der Waals surface area contributed by atoms with Gasteiger partial charge in [-0.15, -0.1) is 0 Å². The van der Waals surface area contributed by atoms with E-state index < -0.39 is 0 Å². The van der Waals surface area contributed by atoms with Gasteiger partial charge < -0.3 is 10.2 Å². The second kappa shape index (κ2) is 7.85. The first kappa shape index (κ1) is 18.2. The van der Waals surface area contributed by atoms with E-state index >= 15 is 0 Å². The van der Waals surface area contributed by atoms with Crippen LogP contribution in [-0.2, 0) is 16.0 Å². The first-order valence-corrected chi connectivity index (χ1v) is 9.86. The average Bonchev–Trinajstić information content (AvgIpc) is 3.18. The van der Waals surface area contributed by atoms with Crippen molar-refractivity contribution in [3.05, 3.63) is 59.7 Å². The maximum absolute atomic E-state index is 13.0. The highest BCUT2D eigenvalue weighted by molar-refractivity contribution is 5.97. The number of carbonyl (C=O) groups is 2. The third-order valence-corrected chi connectivity index (χ3v) is 5.91. The van der Waals surface area contributed by atoms with Gasteiger partial charge in [-0.1, -0.05) is 30.3 Å². The quantitative estimate of drug-likeness (QED) is 0.887.